The van der Waals surface area contributed by atoms with Crippen LogP contribution in [0.3, 0.4) is 0 Å². The second kappa shape index (κ2) is 45.3. The van der Waals surface area contributed by atoms with Gasteiger partial charge in [-0.05, 0) is 103 Å². The first-order chi connectivity index (χ1) is 28.0. The van der Waals surface area contributed by atoms with E-state index in [4.69, 9.17) is 14.2 Å². The number of carbonyl (C=O) groups is 3. The molecule has 0 fully saturated rings. The Morgan fingerprint density at radius 2 is 0.702 bits per heavy atom. The maximum atomic E-state index is 12.7. The van der Waals surface area contributed by atoms with Gasteiger partial charge in [0.2, 0.25) is 0 Å². The number of allylic oxidation sites excluding steroid dienone is 14. The van der Waals surface area contributed by atoms with E-state index >= 15 is 0 Å². The molecule has 0 aliphatic rings. The van der Waals surface area contributed by atoms with E-state index in [-0.39, 0.29) is 37.5 Å². The summed E-state index contributed by atoms with van der Waals surface area (Å²) >= 11 is 0. The Kier molecular flexibility index (Phi) is 42.6. The van der Waals surface area contributed by atoms with Crippen molar-refractivity contribution in [3.63, 3.8) is 0 Å². The van der Waals surface area contributed by atoms with Gasteiger partial charge in [0.25, 0.3) is 0 Å². The van der Waals surface area contributed by atoms with Crippen LogP contribution in [-0.4, -0.2) is 37.2 Å². The summed E-state index contributed by atoms with van der Waals surface area (Å²) in [5, 5.41) is 0. The van der Waals surface area contributed by atoms with Crippen molar-refractivity contribution in [3.8, 4) is 0 Å². The quantitative estimate of drug-likeness (QED) is 0.0266. The van der Waals surface area contributed by atoms with Gasteiger partial charge in [-0.2, -0.15) is 0 Å². The third-order valence-electron chi connectivity index (χ3n) is 9.36. The van der Waals surface area contributed by atoms with E-state index in [0.717, 1.165) is 109 Å². The molecule has 0 N–H and O–H groups in total. The lowest BCUT2D eigenvalue weighted by Crippen LogP contribution is -2.30. The SMILES string of the molecule is CC/C=C\C/C=C\C/C=C\CCCCCCC(=O)OCC(COC(=O)CCC/C=C\C/C=C\C/C=C\CC)OC(=O)CCCCC/C=C\CCCCCCCCC. The minimum absolute atomic E-state index is 0.111. The van der Waals surface area contributed by atoms with E-state index in [2.05, 4.69) is 106 Å². The van der Waals surface area contributed by atoms with Crippen molar-refractivity contribution in [1.29, 1.82) is 0 Å². The van der Waals surface area contributed by atoms with Crippen LogP contribution in [0.4, 0.5) is 0 Å². The van der Waals surface area contributed by atoms with Gasteiger partial charge in [-0.15, -0.1) is 0 Å². The van der Waals surface area contributed by atoms with Crippen LogP contribution in [0.25, 0.3) is 0 Å². The summed E-state index contributed by atoms with van der Waals surface area (Å²) < 4.78 is 16.6. The van der Waals surface area contributed by atoms with Crippen LogP contribution in [0.15, 0.2) is 85.1 Å². The van der Waals surface area contributed by atoms with E-state index < -0.39 is 6.10 Å². The monoisotopic (exact) mass is 793 g/mol. The van der Waals surface area contributed by atoms with Crippen molar-refractivity contribution in [2.45, 2.75) is 207 Å². The molecule has 0 radical (unpaired) electrons. The third-order valence-corrected chi connectivity index (χ3v) is 9.36. The molecule has 0 saturated heterocycles. The molecule has 1 unspecified atom stereocenters. The van der Waals surface area contributed by atoms with Crippen molar-refractivity contribution >= 4 is 17.9 Å². The fourth-order valence-corrected chi connectivity index (χ4v) is 5.94. The Balaban J connectivity index is 4.51. The highest BCUT2D eigenvalue weighted by Gasteiger charge is 2.19. The molecule has 0 aliphatic carbocycles. The highest BCUT2D eigenvalue weighted by Crippen LogP contribution is 2.12. The first-order valence-corrected chi connectivity index (χ1v) is 23.1. The van der Waals surface area contributed by atoms with Crippen LogP contribution in [0, 0.1) is 0 Å². The number of unbranched alkanes of at least 4 members (excludes halogenated alkanes) is 15. The van der Waals surface area contributed by atoms with E-state index in [0.29, 0.717) is 19.3 Å². The number of rotatable bonds is 40. The Hall–Kier alpha value is -3.41. The summed E-state index contributed by atoms with van der Waals surface area (Å²) in [6, 6.07) is 0. The van der Waals surface area contributed by atoms with Crippen molar-refractivity contribution in [2.75, 3.05) is 13.2 Å². The molecule has 0 spiro atoms. The van der Waals surface area contributed by atoms with Gasteiger partial charge < -0.3 is 14.2 Å². The Morgan fingerprint density at radius 1 is 0.368 bits per heavy atom. The van der Waals surface area contributed by atoms with Crippen molar-refractivity contribution < 1.29 is 28.6 Å². The molecule has 0 heterocycles. The van der Waals surface area contributed by atoms with Crippen LogP contribution in [0.1, 0.15) is 201 Å². The summed E-state index contributed by atoms with van der Waals surface area (Å²) in [6.45, 7) is 6.30. The Morgan fingerprint density at radius 3 is 1.18 bits per heavy atom. The van der Waals surface area contributed by atoms with Crippen molar-refractivity contribution in [2.24, 2.45) is 0 Å². The summed E-state index contributed by atoms with van der Waals surface area (Å²) in [7, 11) is 0. The topological polar surface area (TPSA) is 78.9 Å². The van der Waals surface area contributed by atoms with Gasteiger partial charge in [0.15, 0.2) is 6.10 Å². The molecule has 0 aliphatic heterocycles. The fraction of sp³-hybridized carbons (Fsp3) is 0.667. The van der Waals surface area contributed by atoms with Crippen LogP contribution in [0.2, 0.25) is 0 Å². The molecule has 6 nitrogen and oxygen atoms in total. The molecule has 0 bridgehead atoms. The van der Waals surface area contributed by atoms with Crippen LogP contribution in [0.5, 0.6) is 0 Å². The maximum Gasteiger partial charge on any atom is 0.306 e. The second-order valence-electron chi connectivity index (χ2n) is 14.9. The summed E-state index contributed by atoms with van der Waals surface area (Å²) in [5.41, 5.74) is 0. The molecule has 1 atom stereocenters. The zero-order valence-electron chi connectivity index (χ0n) is 36.8. The fourth-order valence-electron chi connectivity index (χ4n) is 5.94. The molecule has 57 heavy (non-hydrogen) atoms. The molecule has 0 aromatic rings. The predicted molar refractivity (Wildman–Crippen MR) is 242 cm³/mol. The number of carbonyl (C=O) groups excluding carboxylic acids is 3. The highest BCUT2D eigenvalue weighted by atomic mass is 16.6. The van der Waals surface area contributed by atoms with Gasteiger partial charge in [-0.1, -0.05) is 164 Å². The molecule has 6 heteroatoms. The largest absolute Gasteiger partial charge is 0.462 e. The maximum absolute atomic E-state index is 12.7. The number of hydrogen-bond acceptors (Lipinski definition) is 6. The summed E-state index contributed by atoms with van der Waals surface area (Å²) in [5.74, 6) is -1.01. The van der Waals surface area contributed by atoms with Crippen molar-refractivity contribution in [3.05, 3.63) is 85.1 Å². The minimum atomic E-state index is -0.812. The van der Waals surface area contributed by atoms with E-state index in [1.54, 1.807) is 0 Å². The van der Waals surface area contributed by atoms with Gasteiger partial charge in [-0.25, -0.2) is 0 Å². The van der Waals surface area contributed by atoms with Gasteiger partial charge in [-0.3, -0.25) is 14.4 Å². The average molecular weight is 793 g/mol. The van der Waals surface area contributed by atoms with Crippen molar-refractivity contribution in [1.82, 2.24) is 0 Å². The molecule has 0 aromatic carbocycles. The summed E-state index contributed by atoms with van der Waals surface area (Å²) in [4.78, 5) is 37.7. The first-order valence-electron chi connectivity index (χ1n) is 23.1. The zero-order valence-corrected chi connectivity index (χ0v) is 36.8. The predicted octanol–water partition coefficient (Wildman–Crippen LogP) is 14.9. The smallest absolute Gasteiger partial charge is 0.306 e. The Labute approximate surface area is 350 Å². The third kappa shape index (κ3) is 43.6. The molecule has 0 amide bonds. The summed E-state index contributed by atoms with van der Waals surface area (Å²) in [6.07, 6.45) is 57.2. The first kappa shape index (κ1) is 53.6. The zero-order chi connectivity index (χ0) is 41.5. The molecular formula is C51H84O6. The number of esters is 3. The van der Waals surface area contributed by atoms with Crippen LogP contribution >= 0.6 is 0 Å². The molecule has 324 valence electrons. The van der Waals surface area contributed by atoms with E-state index in [1.807, 2.05) is 0 Å². The number of hydrogen-bond donors (Lipinski definition) is 0. The normalized spacial score (nSPS) is 12.8. The van der Waals surface area contributed by atoms with Gasteiger partial charge >= 0.3 is 17.9 Å². The molecule has 0 aromatic heterocycles. The second-order valence-corrected chi connectivity index (χ2v) is 14.9. The van der Waals surface area contributed by atoms with Gasteiger partial charge in [0.05, 0.1) is 0 Å². The Bertz CT molecular complexity index is 1140. The standard InChI is InChI=1S/C51H84O6/c1-4-7-10-13-16-19-22-24-26-29-32-35-38-41-44-50(53)56-47-48(46-55-49(52)43-40-37-34-31-28-21-18-15-12-9-6-3)57-51(54)45-42-39-36-33-30-27-25-23-20-17-14-11-8-5-2/h7,9-10,12,16,18-19,21,24,26-27,30-31,34,48H,4-6,8,11,13-15,17,20,22-23,25,28-29,32-33,35-47H2,1-3H3/b10-7-,12-9-,19-16-,21-18-,26-24-,30-27-,34-31-. The van der Waals surface area contributed by atoms with Crippen LogP contribution in [-0.2, 0) is 28.6 Å². The lowest BCUT2D eigenvalue weighted by Gasteiger charge is -2.18. The van der Waals surface area contributed by atoms with Crippen LogP contribution < -0.4 is 0 Å². The minimum Gasteiger partial charge on any atom is -0.462 e. The highest BCUT2D eigenvalue weighted by molar-refractivity contribution is 5.71. The molecular weight excluding hydrogens is 709 g/mol. The number of ether oxygens (including phenoxy) is 3. The lowest BCUT2D eigenvalue weighted by molar-refractivity contribution is -0.167. The molecule has 0 saturated carbocycles. The average Bonchev–Trinajstić information content (AvgIpc) is 3.21. The van der Waals surface area contributed by atoms with E-state index in [1.165, 1.54) is 44.9 Å². The van der Waals surface area contributed by atoms with Gasteiger partial charge in [0.1, 0.15) is 13.2 Å². The van der Waals surface area contributed by atoms with E-state index in [9.17, 15) is 14.4 Å². The molecule has 0 rings (SSSR count). The van der Waals surface area contributed by atoms with Gasteiger partial charge in [0, 0.05) is 19.3 Å². The lowest BCUT2D eigenvalue weighted by atomic mass is 10.1.